The lowest BCUT2D eigenvalue weighted by Gasteiger charge is -2.37. The van der Waals surface area contributed by atoms with Gasteiger partial charge in [-0.1, -0.05) is 42.7 Å². The predicted octanol–water partition coefficient (Wildman–Crippen LogP) is 3.83. The van der Waals surface area contributed by atoms with Gasteiger partial charge in [0, 0.05) is 6.04 Å². The highest BCUT2D eigenvalue weighted by molar-refractivity contribution is 5.31. The Morgan fingerprint density at radius 1 is 1.21 bits per heavy atom. The van der Waals surface area contributed by atoms with Gasteiger partial charge in [0.1, 0.15) is 0 Å². The molecule has 1 nitrogen and oxygen atoms in total. The number of hydrogen-bond donors (Lipinski definition) is 0. The van der Waals surface area contributed by atoms with Crippen LogP contribution < -0.4 is 0 Å². The first kappa shape index (κ1) is 14.2. The fourth-order valence-corrected chi connectivity index (χ4v) is 2.93. The van der Waals surface area contributed by atoms with E-state index in [1.165, 1.54) is 37.1 Å². The van der Waals surface area contributed by atoms with E-state index in [0.717, 1.165) is 5.92 Å². The third-order valence-corrected chi connectivity index (χ3v) is 4.49. The molecular formula is C18H25N. The number of piperidine rings is 1. The number of aryl methyl sites for hydroxylation is 1. The molecule has 2 rings (SSSR count). The molecule has 1 aliphatic rings. The average molecular weight is 255 g/mol. The van der Waals surface area contributed by atoms with E-state index in [0.29, 0.717) is 6.04 Å². The average Bonchev–Trinajstić information content (AvgIpc) is 2.42. The van der Waals surface area contributed by atoms with Crippen molar-refractivity contribution in [2.24, 2.45) is 5.92 Å². The van der Waals surface area contributed by atoms with Crippen LogP contribution in [0, 0.1) is 25.2 Å². The second-order valence-corrected chi connectivity index (χ2v) is 6.01. The molecule has 102 valence electrons. The lowest BCUT2D eigenvalue weighted by molar-refractivity contribution is 0.139. The summed E-state index contributed by atoms with van der Waals surface area (Å²) in [6.07, 6.45) is 8.40. The second kappa shape index (κ2) is 6.26. The molecule has 1 heterocycles. The zero-order valence-electron chi connectivity index (χ0n) is 12.4. The lowest BCUT2D eigenvalue weighted by Crippen LogP contribution is -2.42. The topological polar surface area (TPSA) is 3.24 Å². The Morgan fingerprint density at radius 2 is 1.79 bits per heavy atom. The Kier molecular flexibility index (Phi) is 4.66. The molecular weight excluding hydrogens is 230 g/mol. The fourth-order valence-electron chi connectivity index (χ4n) is 2.93. The summed E-state index contributed by atoms with van der Waals surface area (Å²) in [7, 11) is 0. The molecule has 19 heavy (non-hydrogen) atoms. The number of rotatable bonds is 3. The van der Waals surface area contributed by atoms with Gasteiger partial charge in [-0.3, -0.25) is 4.90 Å². The van der Waals surface area contributed by atoms with Crippen LogP contribution in [-0.4, -0.2) is 24.0 Å². The Balaban J connectivity index is 2.09. The number of nitrogens with zero attached hydrogens (tertiary/aromatic N) is 1. The van der Waals surface area contributed by atoms with E-state index >= 15 is 0 Å². The Morgan fingerprint density at radius 3 is 2.32 bits per heavy atom. The van der Waals surface area contributed by atoms with Crippen molar-refractivity contribution in [1.82, 2.24) is 4.90 Å². The summed E-state index contributed by atoms with van der Waals surface area (Å²) in [5.74, 6) is 4.07. The molecule has 2 atom stereocenters. The van der Waals surface area contributed by atoms with Crippen molar-refractivity contribution in [3.05, 3.63) is 35.4 Å². The molecule has 0 N–H and O–H groups in total. The predicted molar refractivity (Wildman–Crippen MR) is 82.2 cm³/mol. The van der Waals surface area contributed by atoms with Crippen LogP contribution in [0.1, 0.15) is 43.7 Å². The van der Waals surface area contributed by atoms with E-state index in [9.17, 15) is 0 Å². The van der Waals surface area contributed by atoms with Crippen molar-refractivity contribution in [2.45, 2.75) is 45.6 Å². The molecule has 0 spiro atoms. The van der Waals surface area contributed by atoms with Gasteiger partial charge in [-0.15, -0.1) is 6.42 Å². The largest absolute Gasteiger partial charge is 0.299 e. The highest BCUT2D eigenvalue weighted by Crippen LogP contribution is 2.27. The quantitative estimate of drug-likeness (QED) is 0.742. The molecule has 0 bridgehead atoms. The van der Waals surface area contributed by atoms with E-state index in [1.54, 1.807) is 0 Å². The van der Waals surface area contributed by atoms with Gasteiger partial charge < -0.3 is 0 Å². The van der Waals surface area contributed by atoms with E-state index in [-0.39, 0.29) is 5.92 Å². The number of benzene rings is 1. The van der Waals surface area contributed by atoms with E-state index in [2.05, 4.69) is 55.9 Å². The molecule has 1 heteroatoms. The summed E-state index contributed by atoms with van der Waals surface area (Å²) in [5.41, 5.74) is 2.57. The van der Waals surface area contributed by atoms with Gasteiger partial charge in [-0.05, 0) is 51.3 Å². The summed E-state index contributed by atoms with van der Waals surface area (Å²) < 4.78 is 0. The minimum Gasteiger partial charge on any atom is -0.299 e. The van der Waals surface area contributed by atoms with E-state index < -0.39 is 0 Å². The van der Waals surface area contributed by atoms with Gasteiger partial charge in [0.25, 0.3) is 0 Å². The van der Waals surface area contributed by atoms with Crippen molar-refractivity contribution in [2.75, 3.05) is 13.1 Å². The van der Waals surface area contributed by atoms with Crippen molar-refractivity contribution in [3.8, 4) is 12.3 Å². The van der Waals surface area contributed by atoms with E-state index in [4.69, 9.17) is 6.42 Å². The fraction of sp³-hybridized carbons (Fsp3) is 0.556. The van der Waals surface area contributed by atoms with Crippen molar-refractivity contribution in [3.63, 3.8) is 0 Å². The van der Waals surface area contributed by atoms with Gasteiger partial charge >= 0.3 is 0 Å². The Hall–Kier alpha value is -1.26. The Labute approximate surface area is 118 Å². The maximum absolute atomic E-state index is 5.80. The highest BCUT2D eigenvalue weighted by Gasteiger charge is 2.26. The van der Waals surface area contributed by atoms with Crippen LogP contribution in [0.2, 0.25) is 0 Å². The number of hydrogen-bond acceptors (Lipinski definition) is 1. The van der Waals surface area contributed by atoms with Crippen LogP contribution in [0.25, 0.3) is 0 Å². The molecule has 0 amide bonds. The maximum atomic E-state index is 5.80. The molecule has 1 aliphatic heterocycles. The zero-order chi connectivity index (χ0) is 13.8. The van der Waals surface area contributed by atoms with Gasteiger partial charge in [-0.25, -0.2) is 0 Å². The minimum absolute atomic E-state index is 0.203. The monoisotopic (exact) mass is 255 g/mol. The van der Waals surface area contributed by atoms with Crippen molar-refractivity contribution in [1.29, 1.82) is 0 Å². The number of terminal acetylenes is 1. The normalized spacial score (nSPS) is 20.7. The van der Waals surface area contributed by atoms with Gasteiger partial charge in [0.2, 0.25) is 0 Å². The molecule has 0 aromatic heterocycles. The summed E-state index contributed by atoms with van der Waals surface area (Å²) in [6, 6.07) is 9.11. The first-order chi connectivity index (χ1) is 9.11. The summed E-state index contributed by atoms with van der Waals surface area (Å²) >= 11 is 0. The summed E-state index contributed by atoms with van der Waals surface area (Å²) in [6.45, 7) is 9.11. The molecule has 0 aliphatic carbocycles. The Bertz CT molecular complexity index is 432. The second-order valence-electron chi connectivity index (χ2n) is 6.01. The standard InChI is InChI=1S/C18H25N/c1-5-18(17-8-6-14(2)7-9-17)16(4)19-12-10-15(3)11-13-19/h1,6-9,15-16,18H,10-13H2,2-4H3. The van der Waals surface area contributed by atoms with Gasteiger partial charge in [0.05, 0.1) is 5.92 Å². The van der Waals surface area contributed by atoms with Crippen LogP contribution in [0.5, 0.6) is 0 Å². The smallest absolute Gasteiger partial charge is 0.0602 e. The number of likely N-dealkylation sites (tertiary alicyclic amines) is 1. The molecule has 1 saturated heterocycles. The third-order valence-electron chi connectivity index (χ3n) is 4.49. The van der Waals surface area contributed by atoms with Gasteiger partial charge in [-0.2, -0.15) is 0 Å². The molecule has 0 radical (unpaired) electrons. The molecule has 1 aromatic carbocycles. The van der Waals surface area contributed by atoms with Crippen LogP contribution in [0.15, 0.2) is 24.3 Å². The molecule has 1 aromatic rings. The molecule has 0 saturated carbocycles. The van der Waals surface area contributed by atoms with Crippen LogP contribution in [-0.2, 0) is 0 Å². The zero-order valence-corrected chi connectivity index (χ0v) is 12.4. The van der Waals surface area contributed by atoms with E-state index in [1.807, 2.05) is 0 Å². The van der Waals surface area contributed by atoms with Crippen LogP contribution >= 0.6 is 0 Å². The van der Waals surface area contributed by atoms with Gasteiger partial charge in [0.15, 0.2) is 0 Å². The summed E-state index contributed by atoms with van der Waals surface area (Å²) in [5, 5.41) is 0. The molecule has 2 unspecified atom stereocenters. The molecule has 1 fully saturated rings. The lowest BCUT2D eigenvalue weighted by atomic mass is 9.89. The van der Waals surface area contributed by atoms with Crippen molar-refractivity contribution < 1.29 is 0 Å². The van der Waals surface area contributed by atoms with Crippen LogP contribution in [0.3, 0.4) is 0 Å². The maximum Gasteiger partial charge on any atom is 0.0602 e. The first-order valence-electron chi connectivity index (χ1n) is 7.38. The minimum atomic E-state index is 0.203. The third kappa shape index (κ3) is 3.39. The first-order valence-corrected chi connectivity index (χ1v) is 7.38. The highest BCUT2D eigenvalue weighted by atomic mass is 15.2. The van der Waals surface area contributed by atoms with Crippen LogP contribution in [0.4, 0.5) is 0 Å². The SMILES string of the molecule is C#CC(c1ccc(C)cc1)C(C)N1CCC(C)CC1. The summed E-state index contributed by atoms with van der Waals surface area (Å²) in [4.78, 5) is 2.56. The van der Waals surface area contributed by atoms with Crippen molar-refractivity contribution >= 4 is 0 Å².